The highest BCUT2D eigenvalue weighted by Crippen LogP contribution is 2.22. The average molecular weight is 229 g/mol. The van der Waals surface area contributed by atoms with E-state index >= 15 is 0 Å². The third-order valence-electron chi connectivity index (χ3n) is 3.05. The Morgan fingerprint density at radius 1 is 1.18 bits per heavy atom. The molecular weight excluding hydrogens is 210 g/mol. The lowest BCUT2D eigenvalue weighted by Gasteiger charge is -2.03. The summed E-state index contributed by atoms with van der Waals surface area (Å²) >= 11 is 0. The molecule has 2 rings (SSSR count). The number of benzene rings is 1. The number of H-pyrrole nitrogens is 1. The van der Waals surface area contributed by atoms with Crippen LogP contribution >= 0.6 is 0 Å². The highest BCUT2D eigenvalue weighted by atomic mass is 14.9. The first-order valence-electron chi connectivity index (χ1n) is 6.16. The molecule has 3 N–H and O–H groups in total. The van der Waals surface area contributed by atoms with Crippen LogP contribution in [0.2, 0.25) is 0 Å². The Balaban J connectivity index is 2.49. The van der Waals surface area contributed by atoms with Crippen molar-refractivity contribution >= 4 is 0 Å². The summed E-state index contributed by atoms with van der Waals surface area (Å²) in [5.41, 5.74) is 10.4. The molecule has 0 amide bonds. The molecule has 0 aliphatic rings. The average Bonchev–Trinajstić information content (AvgIpc) is 2.81. The second-order valence-corrected chi connectivity index (χ2v) is 4.08. The minimum absolute atomic E-state index is 0.541. The molecule has 17 heavy (non-hydrogen) atoms. The van der Waals surface area contributed by atoms with Crippen LogP contribution in [0.3, 0.4) is 0 Å². The van der Waals surface area contributed by atoms with Crippen molar-refractivity contribution in [3.8, 4) is 11.4 Å². The zero-order chi connectivity index (χ0) is 12.3. The van der Waals surface area contributed by atoms with E-state index in [0.717, 1.165) is 35.5 Å². The van der Waals surface area contributed by atoms with E-state index in [1.807, 2.05) is 12.1 Å². The Morgan fingerprint density at radius 2 is 1.94 bits per heavy atom. The number of hydrogen-bond donors (Lipinski definition) is 2. The summed E-state index contributed by atoms with van der Waals surface area (Å²) in [6.45, 7) is 4.82. The Bertz CT molecular complexity index is 478. The van der Waals surface area contributed by atoms with E-state index in [1.54, 1.807) is 0 Å². The summed E-state index contributed by atoms with van der Waals surface area (Å²) in [4.78, 5) is 8.07. The lowest BCUT2D eigenvalue weighted by molar-refractivity contribution is 0.979. The molecule has 0 atom stereocenters. The minimum atomic E-state index is 0.541. The highest BCUT2D eigenvalue weighted by molar-refractivity contribution is 5.61. The predicted molar refractivity (Wildman–Crippen MR) is 70.7 cm³/mol. The van der Waals surface area contributed by atoms with Gasteiger partial charge < -0.3 is 10.7 Å². The SMILES string of the molecule is CCc1nc(-c2ccccc2CN)[nH]c1CC. The zero-order valence-corrected chi connectivity index (χ0v) is 10.5. The van der Waals surface area contributed by atoms with Crippen molar-refractivity contribution in [3.05, 3.63) is 41.2 Å². The minimum Gasteiger partial charge on any atom is -0.342 e. The van der Waals surface area contributed by atoms with Gasteiger partial charge in [0.2, 0.25) is 0 Å². The van der Waals surface area contributed by atoms with E-state index in [9.17, 15) is 0 Å². The fraction of sp³-hybridized carbons (Fsp3) is 0.357. The maximum Gasteiger partial charge on any atom is 0.138 e. The van der Waals surface area contributed by atoms with Gasteiger partial charge in [-0.25, -0.2) is 4.98 Å². The van der Waals surface area contributed by atoms with E-state index in [2.05, 4.69) is 35.9 Å². The van der Waals surface area contributed by atoms with E-state index in [0.29, 0.717) is 6.54 Å². The molecule has 3 nitrogen and oxygen atoms in total. The van der Waals surface area contributed by atoms with Crippen LogP contribution in [-0.2, 0) is 19.4 Å². The molecule has 0 unspecified atom stereocenters. The molecule has 1 aromatic heterocycles. The molecule has 0 aliphatic carbocycles. The van der Waals surface area contributed by atoms with Gasteiger partial charge in [-0.15, -0.1) is 0 Å². The van der Waals surface area contributed by atoms with Crippen LogP contribution in [0.5, 0.6) is 0 Å². The van der Waals surface area contributed by atoms with Crippen molar-refractivity contribution in [1.29, 1.82) is 0 Å². The number of aryl methyl sites for hydroxylation is 2. The molecule has 90 valence electrons. The van der Waals surface area contributed by atoms with Crippen LogP contribution in [0.1, 0.15) is 30.8 Å². The molecule has 3 heteroatoms. The van der Waals surface area contributed by atoms with Crippen LogP contribution in [0.4, 0.5) is 0 Å². The summed E-state index contributed by atoms with van der Waals surface area (Å²) in [6.07, 6.45) is 1.95. The van der Waals surface area contributed by atoms with Gasteiger partial charge in [-0.1, -0.05) is 38.1 Å². The normalized spacial score (nSPS) is 10.8. The van der Waals surface area contributed by atoms with Gasteiger partial charge >= 0.3 is 0 Å². The third kappa shape index (κ3) is 2.24. The van der Waals surface area contributed by atoms with Gasteiger partial charge in [-0.3, -0.25) is 0 Å². The molecule has 0 aliphatic heterocycles. The third-order valence-corrected chi connectivity index (χ3v) is 3.05. The fourth-order valence-corrected chi connectivity index (χ4v) is 2.09. The summed E-state index contributed by atoms with van der Waals surface area (Å²) in [6, 6.07) is 8.15. The first-order valence-corrected chi connectivity index (χ1v) is 6.16. The Kier molecular flexibility index (Phi) is 3.59. The number of imidazole rings is 1. The number of nitrogens with zero attached hydrogens (tertiary/aromatic N) is 1. The number of nitrogens with one attached hydrogen (secondary N) is 1. The van der Waals surface area contributed by atoms with Crippen LogP contribution in [0.25, 0.3) is 11.4 Å². The topological polar surface area (TPSA) is 54.7 Å². The predicted octanol–water partition coefficient (Wildman–Crippen LogP) is 2.66. The van der Waals surface area contributed by atoms with Crippen molar-refractivity contribution in [2.75, 3.05) is 0 Å². The quantitative estimate of drug-likeness (QED) is 0.846. The molecule has 1 heterocycles. The molecule has 0 radical (unpaired) electrons. The van der Waals surface area contributed by atoms with Gasteiger partial charge in [0.15, 0.2) is 0 Å². The molecule has 0 saturated heterocycles. The van der Waals surface area contributed by atoms with E-state index in [1.165, 1.54) is 5.69 Å². The first-order chi connectivity index (χ1) is 8.30. The second-order valence-electron chi connectivity index (χ2n) is 4.08. The monoisotopic (exact) mass is 229 g/mol. The number of hydrogen-bond acceptors (Lipinski definition) is 2. The molecule has 1 aromatic carbocycles. The standard InChI is InChI=1S/C14H19N3/c1-3-12-13(4-2)17-14(16-12)11-8-6-5-7-10(11)9-15/h5-8H,3-4,9,15H2,1-2H3,(H,16,17). The van der Waals surface area contributed by atoms with Gasteiger partial charge in [-0.2, -0.15) is 0 Å². The fourth-order valence-electron chi connectivity index (χ4n) is 2.09. The lowest BCUT2D eigenvalue weighted by atomic mass is 10.1. The number of rotatable bonds is 4. The first kappa shape index (κ1) is 11.9. The molecule has 0 fully saturated rings. The maximum absolute atomic E-state index is 5.76. The Morgan fingerprint density at radius 3 is 2.53 bits per heavy atom. The molecule has 2 aromatic rings. The zero-order valence-electron chi connectivity index (χ0n) is 10.5. The van der Waals surface area contributed by atoms with Gasteiger partial charge in [0.05, 0.1) is 5.69 Å². The number of aromatic nitrogens is 2. The van der Waals surface area contributed by atoms with Gasteiger partial charge in [0, 0.05) is 17.8 Å². The van der Waals surface area contributed by atoms with E-state index in [-0.39, 0.29) is 0 Å². The Hall–Kier alpha value is -1.61. The van der Waals surface area contributed by atoms with Gasteiger partial charge in [0.1, 0.15) is 5.82 Å². The molecule has 0 saturated carbocycles. The van der Waals surface area contributed by atoms with Crippen molar-refractivity contribution in [1.82, 2.24) is 9.97 Å². The van der Waals surface area contributed by atoms with Gasteiger partial charge in [-0.05, 0) is 18.4 Å². The van der Waals surface area contributed by atoms with Crippen molar-refractivity contribution < 1.29 is 0 Å². The number of aromatic amines is 1. The molecule has 0 bridgehead atoms. The smallest absolute Gasteiger partial charge is 0.138 e. The maximum atomic E-state index is 5.76. The van der Waals surface area contributed by atoms with Crippen molar-refractivity contribution in [2.24, 2.45) is 5.73 Å². The molecular formula is C14H19N3. The van der Waals surface area contributed by atoms with E-state index < -0.39 is 0 Å². The van der Waals surface area contributed by atoms with E-state index in [4.69, 9.17) is 5.73 Å². The lowest BCUT2D eigenvalue weighted by Crippen LogP contribution is -1.99. The summed E-state index contributed by atoms with van der Waals surface area (Å²) in [5, 5.41) is 0. The Labute approximate surface area is 102 Å². The van der Waals surface area contributed by atoms with Crippen LogP contribution in [-0.4, -0.2) is 9.97 Å². The second kappa shape index (κ2) is 5.15. The summed E-state index contributed by atoms with van der Waals surface area (Å²) in [5.74, 6) is 0.944. The molecule has 0 spiro atoms. The highest BCUT2D eigenvalue weighted by Gasteiger charge is 2.10. The van der Waals surface area contributed by atoms with Crippen LogP contribution in [0.15, 0.2) is 24.3 Å². The van der Waals surface area contributed by atoms with Crippen molar-refractivity contribution in [2.45, 2.75) is 33.2 Å². The number of nitrogens with two attached hydrogens (primary N) is 1. The van der Waals surface area contributed by atoms with Gasteiger partial charge in [0.25, 0.3) is 0 Å². The van der Waals surface area contributed by atoms with Crippen molar-refractivity contribution in [3.63, 3.8) is 0 Å². The van der Waals surface area contributed by atoms with Crippen LogP contribution < -0.4 is 5.73 Å². The summed E-state index contributed by atoms with van der Waals surface area (Å²) in [7, 11) is 0. The largest absolute Gasteiger partial charge is 0.342 e. The van der Waals surface area contributed by atoms with Crippen LogP contribution in [0, 0.1) is 0 Å². The summed E-state index contributed by atoms with van der Waals surface area (Å²) < 4.78 is 0.